The fourth-order valence-electron chi connectivity index (χ4n) is 1.97. The van der Waals surface area contributed by atoms with Crippen molar-refractivity contribution in [1.82, 2.24) is 5.32 Å². The van der Waals surface area contributed by atoms with Crippen LogP contribution in [0.15, 0.2) is 48.5 Å². The van der Waals surface area contributed by atoms with Crippen molar-refractivity contribution < 1.29 is 23.5 Å². The third-order valence-corrected chi connectivity index (χ3v) is 3.14. The van der Waals surface area contributed by atoms with E-state index in [1.54, 1.807) is 43.3 Å². The highest BCUT2D eigenvalue weighted by Gasteiger charge is 2.14. The third kappa shape index (κ3) is 5.08. The summed E-state index contributed by atoms with van der Waals surface area (Å²) in [6.45, 7) is 2.00. The SMILES string of the molecule is CCOC(=O)c1ccccc1OCC(=O)NCc1ccc(F)cc1. The Morgan fingerprint density at radius 2 is 1.79 bits per heavy atom. The molecule has 0 atom stereocenters. The number of para-hydroxylation sites is 1. The number of rotatable bonds is 7. The van der Waals surface area contributed by atoms with E-state index in [2.05, 4.69) is 5.32 Å². The van der Waals surface area contributed by atoms with E-state index in [4.69, 9.17) is 9.47 Å². The van der Waals surface area contributed by atoms with Crippen LogP contribution >= 0.6 is 0 Å². The van der Waals surface area contributed by atoms with Crippen molar-refractivity contribution in [1.29, 1.82) is 0 Å². The number of carbonyl (C=O) groups is 2. The van der Waals surface area contributed by atoms with Crippen LogP contribution in [0.3, 0.4) is 0 Å². The molecule has 0 spiro atoms. The Balaban J connectivity index is 1.87. The van der Waals surface area contributed by atoms with Crippen molar-refractivity contribution in [2.45, 2.75) is 13.5 Å². The molecule has 5 nitrogen and oxygen atoms in total. The van der Waals surface area contributed by atoms with Crippen LogP contribution in [0.2, 0.25) is 0 Å². The molecule has 0 bridgehead atoms. The van der Waals surface area contributed by atoms with Crippen LogP contribution < -0.4 is 10.1 Å². The van der Waals surface area contributed by atoms with E-state index in [9.17, 15) is 14.0 Å². The molecule has 2 rings (SSSR count). The summed E-state index contributed by atoms with van der Waals surface area (Å²) in [4.78, 5) is 23.7. The second kappa shape index (κ2) is 8.67. The van der Waals surface area contributed by atoms with E-state index in [1.165, 1.54) is 12.1 Å². The lowest BCUT2D eigenvalue weighted by Gasteiger charge is -2.11. The lowest BCUT2D eigenvalue weighted by Crippen LogP contribution is -2.28. The highest BCUT2D eigenvalue weighted by Crippen LogP contribution is 2.18. The van der Waals surface area contributed by atoms with Gasteiger partial charge in [-0.25, -0.2) is 9.18 Å². The zero-order valence-electron chi connectivity index (χ0n) is 13.3. The maximum Gasteiger partial charge on any atom is 0.341 e. The summed E-state index contributed by atoms with van der Waals surface area (Å²) in [5.74, 6) is -0.894. The minimum atomic E-state index is -0.500. The van der Waals surface area contributed by atoms with Crippen LogP contribution in [0, 0.1) is 5.82 Å². The number of hydrogen-bond donors (Lipinski definition) is 1. The average Bonchev–Trinajstić information content (AvgIpc) is 2.60. The molecule has 1 N–H and O–H groups in total. The summed E-state index contributed by atoms with van der Waals surface area (Å²) in [5, 5.41) is 2.66. The van der Waals surface area contributed by atoms with Crippen molar-refractivity contribution in [2.75, 3.05) is 13.2 Å². The van der Waals surface area contributed by atoms with Gasteiger partial charge < -0.3 is 14.8 Å². The van der Waals surface area contributed by atoms with E-state index < -0.39 is 5.97 Å². The Bertz CT molecular complexity index is 700. The summed E-state index contributed by atoms with van der Waals surface area (Å²) < 4.78 is 23.1. The van der Waals surface area contributed by atoms with Crippen molar-refractivity contribution in [3.05, 3.63) is 65.5 Å². The second-order valence-corrected chi connectivity index (χ2v) is 4.91. The van der Waals surface area contributed by atoms with Crippen molar-refractivity contribution >= 4 is 11.9 Å². The molecule has 0 aromatic heterocycles. The molecule has 126 valence electrons. The highest BCUT2D eigenvalue weighted by atomic mass is 19.1. The molecule has 0 aliphatic heterocycles. The molecule has 0 aliphatic carbocycles. The number of carbonyl (C=O) groups excluding carboxylic acids is 2. The highest BCUT2D eigenvalue weighted by molar-refractivity contribution is 5.92. The van der Waals surface area contributed by atoms with Crippen molar-refractivity contribution in [2.24, 2.45) is 0 Å². The molecule has 0 aliphatic rings. The second-order valence-electron chi connectivity index (χ2n) is 4.91. The van der Waals surface area contributed by atoms with Crippen LogP contribution in [-0.4, -0.2) is 25.1 Å². The molecule has 0 fully saturated rings. The molecule has 0 heterocycles. The molecule has 6 heteroatoms. The predicted octanol–water partition coefficient (Wildman–Crippen LogP) is 2.70. The molecular weight excluding hydrogens is 313 g/mol. The summed E-state index contributed by atoms with van der Waals surface area (Å²) in [5.41, 5.74) is 1.04. The third-order valence-electron chi connectivity index (χ3n) is 3.14. The Hall–Kier alpha value is -2.89. The van der Waals surface area contributed by atoms with Crippen LogP contribution in [0.1, 0.15) is 22.8 Å². The molecule has 2 aromatic rings. The van der Waals surface area contributed by atoms with Gasteiger partial charge in [-0.2, -0.15) is 0 Å². The maximum absolute atomic E-state index is 12.8. The number of hydrogen-bond acceptors (Lipinski definition) is 4. The standard InChI is InChI=1S/C18H18FNO4/c1-2-23-18(22)15-5-3-4-6-16(15)24-12-17(21)20-11-13-7-9-14(19)10-8-13/h3-10H,2,11-12H2,1H3,(H,20,21). The van der Waals surface area contributed by atoms with E-state index in [1.807, 2.05) is 0 Å². The first kappa shape index (κ1) is 17.5. The van der Waals surface area contributed by atoms with Crippen LogP contribution in [0.4, 0.5) is 4.39 Å². The lowest BCUT2D eigenvalue weighted by atomic mass is 10.2. The summed E-state index contributed by atoms with van der Waals surface area (Å²) in [7, 11) is 0. The molecular formula is C18H18FNO4. The van der Waals surface area contributed by atoms with E-state index in [-0.39, 0.29) is 42.8 Å². The lowest BCUT2D eigenvalue weighted by molar-refractivity contribution is -0.123. The zero-order valence-corrected chi connectivity index (χ0v) is 13.3. The van der Waals surface area contributed by atoms with Gasteiger partial charge in [0.1, 0.15) is 17.1 Å². The number of benzene rings is 2. The van der Waals surface area contributed by atoms with E-state index >= 15 is 0 Å². The van der Waals surface area contributed by atoms with Gasteiger partial charge in [-0.1, -0.05) is 24.3 Å². The Morgan fingerprint density at radius 1 is 1.08 bits per heavy atom. The minimum Gasteiger partial charge on any atom is -0.483 e. The van der Waals surface area contributed by atoms with Crippen molar-refractivity contribution in [3.63, 3.8) is 0 Å². The largest absolute Gasteiger partial charge is 0.483 e. The fraction of sp³-hybridized carbons (Fsp3) is 0.222. The monoisotopic (exact) mass is 331 g/mol. The molecule has 2 aromatic carbocycles. The summed E-state index contributed by atoms with van der Waals surface area (Å²) in [6, 6.07) is 12.4. The average molecular weight is 331 g/mol. The minimum absolute atomic E-state index is 0.238. The van der Waals surface area contributed by atoms with Gasteiger partial charge in [0.2, 0.25) is 0 Å². The number of ether oxygens (including phenoxy) is 2. The van der Waals surface area contributed by atoms with Gasteiger partial charge in [-0.05, 0) is 36.8 Å². The number of esters is 1. The molecule has 1 amide bonds. The van der Waals surface area contributed by atoms with Crippen LogP contribution in [0.25, 0.3) is 0 Å². The van der Waals surface area contributed by atoms with Gasteiger partial charge in [0.05, 0.1) is 6.61 Å². The normalized spacial score (nSPS) is 10.1. The molecule has 24 heavy (non-hydrogen) atoms. The Kier molecular flexibility index (Phi) is 6.31. The predicted molar refractivity (Wildman–Crippen MR) is 86.1 cm³/mol. The first-order chi connectivity index (χ1) is 11.6. The fourth-order valence-corrected chi connectivity index (χ4v) is 1.97. The van der Waals surface area contributed by atoms with Crippen LogP contribution in [-0.2, 0) is 16.1 Å². The number of halogens is 1. The van der Waals surface area contributed by atoms with Gasteiger partial charge in [-0.15, -0.1) is 0 Å². The van der Waals surface area contributed by atoms with Gasteiger partial charge in [-0.3, -0.25) is 4.79 Å². The molecule has 0 saturated carbocycles. The van der Waals surface area contributed by atoms with Gasteiger partial charge >= 0.3 is 5.97 Å². The first-order valence-corrected chi connectivity index (χ1v) is 7.50. The van der Waals surface area contributed by atoms with Crippen molar-refractivity contribution in [3.8, 4) is 5.75 Å². The zero-order chi connectivity index (χ0) is 17.4. The topological polar surface area (TPSA) is 64.6 Å². The van der Waals surface area contributed by atoms with E-state index in [0.717, 1.165) is 5.56 Å². The van der Waals surface area contributed by atoms with Gasteiger partial charge in [0, 0.05) is 6.54 Å². The smallest absolute Gasteiger partial charge is 0.341 e. The number of nitrogens with one attached hydrogen (secondary N) is 1. The van der Waals surface area contributed by atoms with Gasteiger partial charge in [0.15, 0.2) is 6.61 Å². The van der Waals surface area contributed by atoms with E-state index in [0.29, 0.717) is 0 Å². The Morgan fingerprint density at radius 3 is 2.50 bits per heavy atom. The summed E-state index contributed by atoms with van der Waals surface area (Å²) >= 11 is 0. The quantitative estimate of drug-likeness (QED) is 0.792. The van der Waals surface area contributed by atoms with Crippen LogP contribution in [0.5, 0.6) is 5.75 Å². The molecule has 0 unspecified atom stereocenters. The molecule has 0 saturated heterocycles. The first-order valence-electron chi connectivity index (χ1n) is 7.50. The van der Waals surface area contributed by atoms with Gasteiger partial charge in [0.25, 0.3) is 5.91 Å². The maximum atomic E-state index is 12.8. The number of amides is 1. The molecule has 0 radical (unpaired) electrons. The summed E-state index contributed by atoms with van der Waals surface area (Å²) in [6.07, 6.45) is 0. The Labute approximate surface area is 139 Å².